The third-order valence-electron chi connectivity index (χ3n) is 3.20. The highest BCUT2D eigenvalue weighted by Crippen LogP contribution is 2.29. The Kier molecular flexibility index (Phi) is 5.42. The van der Waals surface area contributed by atoms with Gasteiger partial charge in [0, 0.05) is 12.3 Å². The van der Waals surface area contributed by atoms with E-state index in [1.54, 1.807) is 0 Å². The molecule has 0 amide bonds. The van der Waals surface area contributed by atoms with Gasteiger partial charge in [-0.2, -0.15) is 0 Å². The van der Waals surface area contributed by atoms with Gasteiger partial charge in [-0.25, -0.2) is 0 Å². The lowest BCUT2D eigenvalue weighted by Gasteiger charge is -2.27. The molecule has 3 heteroatoms. The van der Waals surface area contributed by atoms with E-state index in [0.717, 1.165) is 12.8 Å². The van der Waals surface area contributed by atoms with Crippen LogP contribution in [0, 0.1) is 11.8 Å². The molecule has 0 bridgehead atoms. The minimum atomic E-state index is -0.498. The molecule has 94 valence electrons. The van der Waals surface area contributed by atoms with Crippen LogP contribution in [0.1, 0.15) is 46.5 Å². The first kappa shape index (κ1) is 13.7. The van der Waals surface area contributed by atoms with Crippen LogP contribution in [0.5, 0.6) is 0 Å². The molecule has 1 saturated carbocycles. The molecule has 0 aromatic rings. The number of rotatable bonds is 5. The lowest BCUT2D eigenvalue weighted by Crippen LogP contribution is -2.29. The van der Waals surface area contributed by atoms with Crippen LogP contribution in [-0.4, -0.2) is 29.7 Å². The highest BCUT2D eigenvalue weighted by molar-refractivity contribution is 5.81. The third kappa shape index (κ3) is 4.62. The fraction of sp³-hybridized carbons (Fsp3) is 0.923. The Morgan fingerprint density at radius 3 is 2.81 bits per heavy atom. The first-order valence-corrected chi connectivity index (χ1v) is 6.31. The molecule has 0 aromatic heterocycles. The molecule has 0 spiro atoms. The van der Waals surface area contributed by atoms with Crippen molar-refractivity contribution >= 4 is 5.78 Å². The Morgan fingerprint density at radius 1 is 1.50 bits per heavy atom. The van der Waals surface area contributed by atoms with E-state index in [2.05, 4.69) is 6.92 Å². The number of aliphatic hydroxyl groups is 1. The molecule has 0 heterocycles. The van der Waals surface area contributed by atoms with E-state index >= 15 is 0 Å². The zero-order valence-electron chi connectivity index (χ0n) is 10.6. The van der Waals surface area contributed by atoms with Gasteiger partial charge >= 0.3 is 0 Å². The average Bonchev–Trinajstić information content (AvgIpc) is 2.20. The van der Waals surface area contributed by atoms with Gasteiger partial charge in [0.25, 0.3) is 0 Å². The summed E-state index contributed by atoms with van der Waals surface area (Å²) in [6, 6.07) is 0. The van der Waals surface area contributed by atoms with Crippen molar-refractivity contribution in [3.63, 3.8) is 0 Å². The fourth-order valence-electron chi connectivity index (χ4n) is 2.26. The molecule has 0 aromatic carbocycles. The molecule has 1 aliphatic rings. The smallest absolute Gasteiger partial charge is 0.136 e. The van der Waals surface area contributed by atoms with E-state index in [0.29, 0.717) is 31.1 Å². The molecule has 1 aliphatic carbocycles. The van der Waals surface area contributed by atoms with Gasteiger partial charge in [0.05, 0.1) is 18.8 Å². The van der Waals surface area contributed by atoms with Gasteiger partial charge in [0.15, 0.2) is 0 Å². The molecule has 3 nitrogen and oxygen atoms in total. The van der Waals surface area contributed by atoms with Crippen molar-refractivity contribution in [3.05, 3.63) is 0 Å². The van der Waals surface area contributed by atoms with Crippen LogP contribution in [0.2, 0.25) is 0 Å². The number of Topliss-reactive ketones (excluding diaryl/α,β-unsaturated/α-hetero) is 1. The van der Waals surface area contributed by atoms with Crippen molar-refractivity contribution in [2.75, 3.05) is 6.61 Å². The van der Waals surface area contributed by atoms with Crippen LogP contribution >= 0.6 is 0 Å². The van der Waals surface area contributed by atoms with Gasteiger partial charge in [0.2, 0.25) is 0 Å². The first-order chi connectivity index (χ1) is 7.49. The van der Waals surface area contributed by atoms with Crippen LogP contribution < -0.4 is 0 Å². The van der Waals surface area contributed by atoms with E-state index in [-0.39, 0.29) is 12.0 Å². The Bertz CT molecular complexity index is 225. The van der Waals surface area contributed by atoms with Crippen molar-refractivity contribution in [1.82, 2.24) is 0 Å². The SMILES string of the molecule is CC1CCC(=O)C(CC(O)COC(C)C)C1. The maximum atomic E-state index is 11.7. The first-order valence-electron chi connectivity index (χ1n) is 6.31. The summed E-state index contributed by atoms with van der Waals surface area (Å²) in [6.07, 6.45) is 2.82. The minimum Gasteiger partial charge on any atom is -0.391 e. The minimum absolute atomic E-state index is 0.0505. The van der Waals surface area contributed by atoms with Crippen LogP contribution in [0.25, 0.3) is 0 Å². The maximum absolute atomic E-state index is 11.7. The molecular formula is C13H24O3. The van der Waals surface area contributed by atoms with E-state index in [1.807, 2.05) is 13.8 Å². The Hall–Kier alpha value is -0.410. The van der Waals surface area contributed by atoms with E-state index in [1.165, 1.54) is 0 Å². The fourth-order valence-corrected chi connectivity index (χ4v) is 2.26. The number of aliphatic hydroxyl groups excluding tert-OH is 1. The predicted octanol–water partition coefficient (Wildman–Crippen LogP) is 2.17. The lowest BCUT2D eigenvalue weighted by molar-refractivity contribution is -0.127. The molecule has 3 atom stereocenters. The maximum Gasteiger partial charge on any atom is 0.136 e. The number of ketones is 1. The lowest BCUT2D eigenvalue weighted by atomic mass is 9.79. The molecule has 16 heavy (non-hydrogen) atoms. The number of carbonyl (C=O) groups excluding carboxylic acids is 1. The summed E-state index contributed by atoms with van der Waals surface area (Å²) in [5.41, 5.74) is 0. The highest BCUT2D eigenvalue weighted by atomic mass is 16.5. The van der Waals surface area contributed by atoms with Crippen LogP contribution in [0.4, 0.5) is 0 Å². The number of carbonyl (C=O) groups is 1. The van der Waals surface area contributed by atoms with Gasteiger partial charge in [-0.05, 0) is 39.0 Å². The van der Waals surface area contributed by atoms with Gasteiger partial charge < -0.3 is 9.84 Å². The molecule has 0 saturated heterocycles. The Labute approximate surface area is 98.2 Å². The summed E-state index contributed by atoms with van der Waals surface area (Å²) in [7, 11) is 0. The number of ether oxygens (including phenoxy) is 1. The van der Waals surface area contributed by atoms with Crippen molar-refractivity contribution < 1.29 is 14.6 Å². The normalized spacial score (nSPS) is 28.4. The summed E-state index contributed by atoms with van der Waals surface area (Å²) >= 11 is 0. The third-order valence-corrected chi connectivity index (χ3v) is 3.20. The molecular weight excluding hydrogens is 204 g/mol. The van der Waals surface area contributed by atoms with Crippen LogP contribution in [-0.2, 0) is 9.53 Å². The largest absolute Gasteiger partial charge is 0.391 e. The van der Waals surface area contributed by atoms with Gasteiger partial charge in [-0.15, -0.1) is 0 Å². The quantitative estimate of drug-likeness (QED) is 0.784. The molecule has 0 aliphatic heterocycles. The second-order valence-electron chi connectivity index (χ2n) is 5.31. The number of hydrogen-bond acceptors (Lipinski definition) is 3. The topological polar surface area (TPSA) is 46.5 Å². The molecule has 0 radical (unpaired) electrons. The Balaban J connectivity index is 2.31. The van der Waals surface area contributed by atoms with E-state index in [4.69, 9.17) is 4.74 Å². The van der Waals surface area contributed by atoms with Gasteiger partial charge in [0.1, 0.15) is 5.78 Å². The molecule has 3 unspecified atom stereocenters. The molecule has 1 rings (SSSR count). The second-order valence-corrected chi connectivity index (χ2v) is 5.31. The Morgan fingerprint density at radius 2 is 2.19 bits per heavy atom. The van der Waals surface area contributed by atoms with Crippen molar-refractivity contribution in [1.29, 1.82) is 0 Å². The van der Waals surface area contributed by atoms with Crippen molar-refractivity contribution in [2.45, 2.75) is 58.7 Å². The molecule has 1 N–H and O–H groups in total. The van der Waals surface area contributed by atoms with Crippen LogP contribution in [0.3, 0.4) is 0 Å². The molecule has 1 fully saturated rings. The average molecular weight is 228 g/mol. The van der Waals surface area contributed by atoms with Gasteiger partial charge in [-0.3, -0.25) is 4.79 Å². The summed E-state index contributed by atoms with van der Waals surface area (Å²) in [6.45, 7) is 6.41. The number of hydrogen-bond donors (Lipinski definition) is 1. The van der Waals surface area contributed by atoms with Gasteiger partial charge in [-0.1, -0.05) is 6.92 Å². The van der Waals surface area contributed by atoms with Crippen LogP contribution in [0.15, 0.2) is 0 Å². The zero-order chi connectivity index (χ0) is 12.1. The summed E-state index contributed by atoms with van der Waals surface area (Å²) in [4.78, 5) is 11.7. The van der Waals surface area contributed by atoms with E-state index in [9.17, 15) is 9.90 Å². The van der Waals surface area contributed by atoms with Crippen molar-refractivity contribution in [3.8, 4) is 0 Å². The monoisotopic (exact) mass is 228 g/mol. The standard InChI is InChI=1S/C13H24O3/c1-9(2)16-8-12(14)7-11-6-10(3)4-5-13(11)15/h9-12,14H,4-8H2,1-3H3. The zero-order valence-corrected chi connectivity index (χ0v) is 10.6. The van der Waals surface area contributed by atoms with Crippen molar-refractivity contribution in [2.24, 2.45) is 11.8 Å². The second kappa shape index (κ2) is 6.36. The summed E-state index contributed by atoms with van der Waals surface area (Å²) in [5, 5.41) is 9.78. The highest BCUT2D eigenvalue weighted by Gasteiger charge is 2.28. The summed E-state index contributed by atoms with van der Waals surface area (Å²) < 4.78 is 5.35. The van der Waals surface area contributed by atoms with E-state index < -0.39 is 6.10 Å². The predicted molar refractivity (Wildman–Crippen MR) is 63.2 cm³/mol. The summed E-state index contributed by atoms with van der Waals surface area (Å²) in [5.74, 6) is 0.983.